The third-order valence-corrected chi connectivity index (χ3v) is 2.55. The minimum Gasteiger partial charge on any atom is -0.461 e. The Morgan fingerprint density at radius 2 is 2.19 bits per heavy atom. The minimum atomic E-state index is -0.421. The van der Waals surface area contributed by atoms with Gasteiger partial charge in [-0.25, -0.2) is 9.78 Å². The number of fused-ring (bicyclic) bond motifs is 1. The van der Waals surface area contributed by atoms with Crippen LogP contribution in [0.3, 0.4) is 0 Å². The van der Waals surface area contributed by atoms with E-state index in [1.54, 1.807) is 37.4 Å². The first kappa shape index (κ1) is 10.9. The third-order valence-electron chi connectivity index (χ3n) is 2.22. The van der Waals surface area contributed by atoms with Crippen LogP contribution in [0, 0.1) is 0 Å². The summed E-state index contributed by atoms with van der Waals surface area (Å²) in [4.78, 5) is 15.7. The van der Waals surface area contributed by atoms with Gasteiger partial charge in [-0.3, -0.25) is 0 Å². The van der Waals surface area contributed by atoms with Crippen molar-refractivity contribution in [3.8, 4) is 0 Å². The van der Waals surface area contributed by atoms with E-state index in [0.717, 1.165) is 5.39 Å². The molecule has 0 saturated carbocycles. The van der Waals surface area contributed by atoms with E-state index in [2.05, 4.69) is 4.98 Å². The second-order valence-electron chi connectivity index (χ2n) is 3.21. The lowest BCUT2D eigenvalue weighted by Gasteiger charge is -2.05. The average molecular weight is 236 g/mol. The number of halogens is 1. The van der Waals surface area contributed by atoms with Crippen molar-refractivity contribution in [1.29, 1.82) is 0 Å². The number of carbonyl (C=O) groups excluding carboxylic acids is 1. The summed E-state index contributed by atoms with van der Waals surface area (Å²) in [6, 6.07) is 7.15. The van der Waals surface area contributed by atoms with Crippen molar-refractivity contribution in [3.63, 3.8) is 0 Å². The highest BCUT2D eigenvalue weighted by atomic mass is 35.5. The fraction of sp³-hybridized carbons (Fsp3) is 0.167. The number of aromatic nitrogens is 1. The Morgan fingerprint density at radius 3 is 2.94 bits per heavy atom. The van der Waals surface area contributed by atoms with Crippen LogP contribution in [-0.4, -0.2) is 17.6 Å². The molecule has 0 saturated heterocycles. The minimum absolute atomic E-state index is 0.307. The van der Waals surface area contributed by atoms with Gasteiger partial charge in [0.1, 0.15) is 0 Å². The summed E-state index contributed by atoms with van der Waals surface area (Å²) in [5.41, 5.74) is 0.307. The number of benzene rings is 1. The van der Waals surface area contributed by atoms with Gasteiger partial charge in [-0.05, 0) is 19.1 Å². The van der Waals surface area contributed by atoms with Gasteiger partial charge in [-0.15, -0.1) is 0 Å². The quantitative estimate of drug-likeness (QED) is 0.751. The van der Waals surface area contributed by atoms with Crippen LogP contribution in [-0.2, 0) is 4.74 Å². The van der Waals surface area contributed by atoms with Crippen molar-refractivity contribution in [2.45, 2.75) is 6.92 Å². The van der Waals surface area contributed by atoms with Crippen LogP contribution in [0.5, 0.6) is 0 Å². The summed E-state index contributed by atoms with van der Waals surface area (Å²) in [5, 5.41) is 2.13. The van der Waals surface area contributed by atoms with Crippen molar-refractivity contribution in [1.82, 2.24) is 4.98 Å². The van der Waals surface area contributed by atoms with Gasteiger partial charge in [0.15, 0.2) is 5.69 Å². The molecule has 0 amide bonds. The zero-order valence-corrected chi connectivity index (χ0v) is 9.49. The molecule has 1 aromatic carbocycles. The Kier molecular flexibility index (Phi) is 3.06. The number of ether oxygens (including phenoxy) is 1. The van der Waals surface area contributed by atoms with Crippen LogP contribution in [0.4, 0.5) is 0 Å². The fourth-order valence-electron chi connectivity index (χ4n) is 1.53. The van der Waals surface area contributed by atoms with Crippen LogP contribution in [0.15, 0.2) is 30.5 Å². The molecule has 4 heteroatoms. The SMILES string of the molecule is CCOC(=O)c1nccc2c(Cl)cccc12. The molecule has 0 spiro atoms. The van der Waals surface area contributed by atoms with E-state index in [1.807, 2.05) is 0 Å². The molecule has 0 unspecified atom stereocenters. The largest absolute Gasteiger partial charge is 0.461 e. The molecule has 3 nitrogen and oxygen atoms in total. The number of carbonyl (C=O) groups is 1. The number of hydrogen-bond donors (Lipinski definition) is 0. The molecule has 0 aliphatic carbocycles. The Labute approximate surface area is 98.0 Å². The molecule has 0 bridgehead atoms. The lowest BCUT2D eigenvalue weighted by atomic mass is 10.1. The number of nitrogens with zero attached hydrogens (tertiary/aromatic N) is 1. The summed E-state index contributed by atoms with van der Waals surface area (Å²) in [7, 11) is 0. The Balaban J connectivity index is 2.62. The van der Waals surface area contributed by atoms with Crippen LogP contribution >= 0.6 is 11.6 Å². The molecule has 0 fully saturated rings. The predicted molar refractivity (Wildman–Crippen MR) is 62.7 cm³/mol. The van der Waals surface area contributed by atoms with E-state index in [0.29, 0.717) is 22.7 Å². The first-order valence-electron chi connectivity index (χ1n) is 4.94. The molecule has 2 rings (SSSR count). The summed E-state index contributed by atoms with van der Waals surface area (Å²) in [6.07, 6.45) is 1.56. The van der Waals surface area contributed by atoms with Gasteiger partial charge >= 0.3 is 5.97 Å². The molecule has 0 N–H and O–H groups in total. The van der Waals surface area contributed by atoms with E-state index >= 15 is 0 Å². The number of esters is 1. The molecule has 0 aliphatic heterocycles. The standard InChI is InChI=1S/C12H10ClNO2/c1-2-16-12(15)11-9-4-3-5-10(13)8(9)6-7-14-11/h3-7H,2H2,1H3. The monoisotopic (exact) mass is 235 g/mol. The van der Waals surface area contributed by atoms with Crippen molar-refractivity contribution >= 4 is 28.3 Å². The highest BCUT2D eigenvalue weighted by molar-refractivity contribution is 6.35. The molecule has 1 aromatic heterocycles. The fourth-order valence-corrected chi connectivity index (χ4v) is 1.77. The van der Waals surface area contributed by atoms with Gasteiger partial charge in [0, 0.05) is 22.0 Å². The lowest BCUT2D eigenvalue weighted by molar-refractivity contribution is 0.0522. The molecule has 0 atom stereocenters. The molecule has 1 heterocycles. The van der Waals surface area contributed by atoms with E-state index in [4.69, 9.17) is 16.3 Å². The molecular weight excluding hydrogens is 226 g/mol. The smallest absolute Gasteiger partial charge is 0.357 e. The zero-order chi connectivity index (χ0) is 11.5. The summed E-state index contributed by atoms with van der Waals surface area (Å²) >= 11 is 6.03. The molecule has 2 aromatic rings. The van der Waals surface area contributed by atoms with Crippen LogP contribution in [0.2, 0.25) is 5.02 Å². The average Bonchev–Trinajstić information content (AvgIpc) is 2.29. The first-order chi connectivity index (χ1) is 7.74. The maximum atomic E-state index is 11.6. The Bertz CT molecular complexity index is 540. The number of hydrogen-bond acceptors (Lipinski definition) is 3. The van der Waals surface area contributed by atoms with Crippen LogP contribution in [0.1, 0.15) is 17.4 Å². The lowest BCUT2D eigenvalue weighted by Crippen LogP contribution is -2.07. The van der Waals surface area contributed by atoms with Gasteiger partial charge < -0.3 is 4.74 Å². The predicted octanol–water partition coefficient (Wildman–Crippen LogP) is 3.06. The van der Waals surface area contributed by atoms with Crippen molar-refractivity contribution in [2.24, 2.45) is 0 Å². The number of pyridine rings is 1. The molecule has 0 aliphatic rings. The second kappa shape index (κ2) is 4.49. The maximum Gasteiger partial charge on any atom is 0.357 e. The second-order valence-corrected chi connectivity index (χ2v) is 3.62. The summed E-state index contributed by atoms with van der Waals surface area (Å²) in [5.74, 6) is -0.421. The van der Waals surface area contributed by atoms with Gasteiger partial charge in [0.25, 0.3) is 0 Å². The normalized spacial score (nSPS) is 10.4. The maximum absolute atomic E-state index is 11.6. The van der Waals surface area contributed by atoms with Crippen molar-refractivity contribution in [2.75, 3.05) is 6.61 Å². The Morgan fingerprint density at radius 1 is 1.38 bits per heavy atom. The summed E-state index contributed by atoms with van der Waals surface area (Å²) < 4.78 is 4.93. The molecule has 82 valence electrons. The highest BCUT2D eigenvalue weighted by Crippen LogP contribution is 2.24. The van der Waals surface area contributed by atoms with E-state index in [1.165, 1.54) is 0 Å². The van der Waals surface area contributed by atoms with Crippen molar-refractivity contribution in [3.05, 3.63) is 41.2 Å². The first-order valence-corrected chi connectivity index (χ1v) is 5.32. The molecular formula is C12H10ClNO2. The van der Waals surface area contributed by atoms with E-state index in [9.17, 15) is 4.79 Å². The molecule has 0 radical (unpaired) electrons. The van der Waals surface area contributed by atoms with Gasteiger partial charge in [0.2, 0.25) is 0 Å². The van der Waals surface area contributed by atoms with Gasteiger partial charge in [-0.1, -0.05) is 23.7 Å². The number of rotatable bonds is 2. The zero-order valence-electron chi connectivity index (χ0n) is 8.74. The summed E-state index contributed by atoms with van der Waals surface area (Å²) in [6.45, 7) is 2.09. The highest BCUT2D eigenvalue weighted by Gasteiger charge is 2.13. The van der Waals surface area contributed by atoms with Gasteiger partial charge in [0.05, 0.1) is 6.61 Å². The Hall–Kier alpha value is -1.61. The van der Waals surface area contributed by atoms with Crippen LogP contribution < -0.4 is 0 Å². The topological polar surface area (TPSA) is 39.2 Å². The molecule has 16 heavy (non-hydrogen) atoms. The third kappa shape index (κ3) is 1.86. The van der Waals surface area contributed by atoms with Gasteiger partial charge in [-0.2, -0.15) is 0 Å². The van der Waals surface area contributed by atoms with E-state index in [-0.39, 0.29) is 0 Å². The van der Waals surface area contributed by atoms with Crippen molar-refractivity contribution < 1.29 is 9.53 Å². The van der Waals surface area contributed by atoms with E-state index < -0.39 is 5.97 Å². The van der Waals surface area contributed by atoms with Crippen LogP contribution in [0.25, 0.3) is 10.8 Å².